The third-order valence-corrected chi connectivity index (χ3v) is 30.4. The average molecular weight is 1650 g/mol. The lowest BCUT2D eigenvalue weighted by Gasteiger charge is -2.33. The van der Waals surface area contributed by atoms with Crippen LogP contribution in [0.5, 0.6) is 0 Å². The molecule has 0 saturated carbocycles. The van der Waals surface area contributed by atoms with Crippen LogP contribution in [0, 0.1) is 0 Å². The van der Waals surface area contributed by atoms with Gasteiger partial charge in [0.05, 0.1) is 28.2 Å². The zero-order valence-corrected chi connectivity index (χ0v) is 71.5. The summed E-state index contributed by atoms with van der Waals surface area (Å²) in [7, 11) is 0. The maximum atomic E-state index is 7.02. The van der Waals surface area contributed by atoms with E-state index in [0.717, 1.165) is 139 Å². The van der Waals surface area contributed by atoms with Crippen LogP contribution in [0.3, 0.4) is 0 Å². The van der Waals surface area contributed by atoms with Crippen LogP contribution in [-0.4, -0.2) is 0 Å². The van der Waals surface area contributed by atoms with E-state index in [2.05, 4.69) is 449 Å². The van der Waals surface area contributed by atoms with Crippen molar-refractivity contribution in [2.24, 2.45) is 0 Å². The highest BCUT2D eigenvalue weighted by molar-refractivity contribution is 7.26. The summed E-state index contributed by atoms with van der Waals surface area (Å²) in [5.41, 5.74) is 39.9. The molecule has 4 aliphatic rings. The lowest BCUT2D eigenvalue weighted by Crippen LogP contribution is -2.26. The minimum Gasteiger partial charge on any atom is -0.455 e. The molecule has 1 spiro atoms. The molecular weight excluding hydrogens is 1570 g/mol. The number of anilines is 6. The van der Waals surface area contributed by atoms with E-state index in [1.807, 2.05) is 11.3 Å². The highest BCUT2D eigenvalue weighted by atomic mass is 32.1. The summed E-state index contributed by atoms with van der Waals surface area (Å²) in [6.07, 6.45) is 0.770. The van der Waals surface area contributed by atoms with Gasteiger partial charge in [0.15, 0.2) is 0 Å². The molecule has 23 aromatic rings. The molecule has 27 rings (SSSR count). The van der Waals surface area contributed by atoms with Crippen LogP contribution in [0.15, 0.2) is 427 Å². The molecule has 0 aliphatic heterocycles. The van der Waals surface area contributed by atoms with E-state index in [4.69, 9.17) is 8.83 Å². The van der Waals surface area contributed by atoms with E-state index in [9.17, 15) is 0 Å². The Hall–Kier alpha value is -15.7. The quantitative estimate of drug-likeness (QED) is 0.122. The minimum atomic E-state index is -0.580. The van der Waals surface area contributed by atoms with Gasteiger partial charge in [-0.15, -0.1) is 11.3 Å². The van der Waals surface area contributed by atoms with Crippen LogP contribution in [0.1, 0.15) is 70.8 Å². The molecule has 0 saturated heterocycles. The normalized spacial score (nSPS) is 14.6. The fraction of sp³-hybridized carbons (Fsp3) is 0.0569. The predicted molar refractivity (Wildman–Crippen MR) is 536 cm³/mol. The van der Waals surface area contributed by atoms with Gasteiger partial charge in [0.25, 0.3) is 0 Å². The molecule has 0 radical (unpaired) electrons. The number of benzene rings is 20. The first-order chi connectivity index (χ1) is 63.2. The molecule has 3 heterocycles. The summed E-state index contributed by atoms with van der Waals surface area (Å²) in [4.78, 5) is 5.15. The number of furan rings is 2. The lowest BCUT2D eigenvalue weighted by molar-refractivity contribution is 0.585. The van der Waals surface area contributed by atoms with Gasteiger partial charge in [-0.05, 0) is 213 Å². The van der Waals surface area contributed by atoms with Crippen molar-refractivity contribution in [1.29, 1.82) is 0 Å². The van der Waals surface area contributed by atoms with Gasteiger partial charge in [-0.25, -0.2) is 0 Å². The van der Waals surface area contributed by atoms with Crippen molar-refractivity contribution in [3.8, 4) is 89.0 Å². The standard InChI is InChI=1S/C123H80N2O2S/c1-121(2)99-50-17-11-43-94(99)114-89(45-27-55-104(114)121)85-39-13-22-57-107(85)124(109-59-24-15-41-87(109)91-47-29-61-111-116(91)96-67-63-74-31-4-6-34-79(74)118(96)126-111)77-66-70-113-98(71-77)93-49-26-33-76(120(93)128-113)73-122(3)100-51-18-12-44-95(100)115-90(46-28-56-105(115)122)86-40-14-23-58-108(86)125(110-60-25-16-42-88(110)92-48-30-62-112-117(92)97-68-64-75-32-5-7-35-80(75)119(97)127-112)78-65-69-84-83-38-10-21-54-103(83)123(106(84)72-78)101-52-19-8-36-81(101)82-37-9-20-53-102(82)123/h4-72H,73H2,1-3H3. The van der Waals surface area contributed by atoms with Crippen LogP contribution >= 0.6 is 11.3 Å². The second-order valence-electron chi connectivity index (χ2n) is 36.0. The Balaban J connectivity index is 0.626. The number of nitrogens with zero attached hydrogens (tertiary/aromatic N) is 2. The number of para-hydroxylation sites is 4. The van der Waals surface area contributed by atoms with Gasteiger partial charge in [-0.3, -0.25) is 0 Å². The van der Waals surface area contributed by atoms with Crippen molar-refractivity contribution in [2.75, 3.05) is 9.80 Å². The highest BCUT2D eigenvalue weighted by Crippen LogP contribution is 2.65. The van der Waals surface area contributed by atoms with E-state index in [1.165, 1.54) is 126 Å². The monoisotopic (exact) mass is 1650 g/mol. The number of hydrogen-bond donors (Lipinski definition) is 0. The lowest BCUT2D eigenvalue weighted by atomic mass is 9.70. The van der Waals surface area contributed by atoms with Gasteiger partial charge in [-0.1, -0.05) is 360 Å². The number of thiophene rings is 1. The van der Waals surface area contributed by atoms with Crippen molar-refractivity contribution in [2.45, 2.75) is 43.4 Å². The van der Waals surface area contributed by atoms with Crippen LogP contribution < -0.4 is 9.80 Å². The van der Waals surface area contributed by atoms with Crippen molar-refractivity contribution >= 4 is 131 Å². The second kappa shape index (κ2) is 27.4. The Morgan fingerprint density at radius 2 is 0.625 bits per heavy atom. The van der Waals surface area contributed by atoms with Gasteiger partial charge in [0.1, 0.15) is 22.3 Å². The SMILES string of the molecule is CC1(C)c2ccccc2-c2c(-c3ccccc3N(c3ccc4sc5c(CC6(C)c7ccccc7-c7c(-c8ccccc8N(c8ccc9c(c8)C8(c%10ccccc%10-c%10ccccc%108)c8ccccc8-9)c8ccccc8-c8cccc9oc%10c%11ccccc%11ccc%10c89)cccc76)cccc5c4c3)c3ccccc3-c3cccc4oc5c6ccccc6ccc5c34)cccc21. The molecule has 1 atom stereocenters. The molecule has 600 valence electrons. The van der Waals surface area contributed by atoms with Gasteiger partial charge in [0, 0.05) is 96.9 Å². The highest BCUT2D eigenvalue weighted by Gasteiger charge is 2.52. The predicted octanol–water partition coefficient (Wildman–Crippen LogP) is 33.9. The zero-order chi connectivity index (χ0) is 84.4. The summed E-state index contributed by atoms with van der Waals surface area (Å²) in [5.74, 6) is 0. The summed E-state index contributed by atoms with van der Waals surface area (Å²) < 4.78 is 16.5. The van der Waals surface area contributed by atoms with Crippen molar-refractivity contribution in [1.82, 2.24) is 0 Å². The molecule has 1 unspecified atom stereocenters. The Morgan fingerprint density at radius 1 is 0.250 bits per heavy atom. The van der Waals surface area contributed by atoms with Crippen LogP contribution in [0.25, 0.3) is 175 Å². The summed E-state index contributed by atoms with van der Waals surface area (Å²) in [6.45, 7) is 7.28. The van der Waals surface area contributed by atoms with Crippen molar-refractivity contribution in [3.05, 3.63) is 469 Å². The largest absolute Gasteiger partial charge is 0.455 e. The van der Waals surface area contributed by atoms with Crippen LogP contribution in [0.2, 0.25) is 0 Å². The molecule has 4 nitrogen and oxygen atoms in total. The molecule has 5 heteroatoms. The van der Waals surface area contributed by atoms with Gasteiger partial charge >= 0.3 is 0 Å². The smallest absolute Gasteiger partial charge is 0.143 e. The summed E-state index contributed by atoms with van der Waals surface area (Å²) >= 11 is 1.92. The topological polar surface area (TPSA) is 32.8 Å². The number of hydrogen-bond acceptors (Lipinski definition) is 5. The third-order valence-electron chi connectivity index (χ3n) is 29.2. The number of rotatable bonds is 12. The molecular formula is C123H80N2O2S. The zero-order valence-electron chi connectivity index (χ0n) is 70.7. The maximum absolute atomic E-state index is 7.02. The summed E-state index contributed by atoms with van der Waals surface area (Å²) in [6, 6.07) is 158. The molecule has 0 N–H and O–H groups in total. The fourth-order valence-electron chi connectivity index (χ4n) is 23.7. The summed E-state index contributed by atoms with van der Waals surface area (Å²) in [5, 5.41) is 11.4. The van der Waals surface area contributed by atoms with E-state index in [-0.39, 0.29) is 5.41 Å². The number of fused-ring (bicyclic) bond motifs is 29. The molecule has 20 aromatic carbocycles. The average Bonchev–Trinajstić information content (AvgIpc) is 1.50. The van der Waals surface area contributed by atoms with E-state index in [1.54, 1.807) is 0 Å². The molecule has 4 aliphatic carbocycles. The Bertz CT molecular complexity index is 8660. The van der Waals surface area contributed by atoms with E-state index in [0.29, 0.717) is 0 Å². The minimum absolute atomic E-state index is 0.187. The third kappa shape index (κ3) is 10.2. The molecule has 3 aromatic heterocycles. The molecule has 0 fully saturated rings. The van der Waals surface area contributed by atoms with E-state index < -0.39 is 10.8 Å². The Morgan fingerprint density at radius 3 is 1.16 bits per heavy atom. The Kier molecular flexibility index (Phi) is 15.6. The first kappa shape index (κ1) is 72.8. The molecule has 0 bridgehead atoms. The first-order valence-corrected chi connectivity index (χ1v) is 45.5. The maximum Gasteiger partial charge on any atom is 0.143 e. The second-order valence-corrected chi connectivity index (χ2v) is 37.1. The van der Waals surface area contributed by atoms with Crippen LogP contribution in [0.4, 0.5) is 34.1 Å². The van der Waals surface area contributed by atoms with Gasteiger partial charge < -0.3 is 18.6 Å². The van der Waals surface area contributed by atoms with Crippen molar-refractivity contribution < 1.29 is 8.83 Å². The van der Waals surface area contributed by atoms with Crippen molar-refractivity contribution in [3.63, 3.8) is 0 Å². The molecule has 0 amide bonds. The van der Waals surface area contributed by atoms with Gasteiger partial charge in [-0.2, -0.15) is 0 Å². The fourth-order valence-corrected chi connectivity index (χ4v) is 24.9. The molecule has 128 heavy (non-hydrogen) atoms. The first-order valence-electron chi connectivity index (χ1n) is 44.6. The van der Waals surface area contributed by atoms with E-state index >= 15 is 0 Å². The Labute approximate surface area is 745 Å². The van der Waals surface area contributed by atoms with Crippen LogP contribution in [-0.2, 0) is 22.7 Å². The van der Waals surface area contributed by atoms with Gasteiger partial charge in [0.2, 0.25) is 0 Å².